The third kappa shape index (κ3) is 4.64. The van der Waals surface area contributed by atoms with E-state index in [-0.39, 0.29) is 5.41 Å². The molecule has 1 spiro atoms. The summed E-state index contributed by atoms with van der Waals surface area (Å²) in [6, 6.07) is 18.8. The first kappa shape index (κ1) is 20.0. The fraction of sp³-hybridized carbons (Fsp3) is 0.480. The quantitative estimate of drug-likeness (QED) is 0.710. The van der Waals surface area contributed by atoms with Crippen molar-refractivity contribution in [2.24, 2.45) is 5.41 Å². The second-order valence-electron chi connectivity index (χ2n) is 8.58. The van der Waals surface area contributed by atoms with Crippen molar-refractivity contribution in [1.82, 2.24) is 9.80 Å². The molecule has 0 radical (unpaired) electrons. The molecule has 1 atom stereocenters. The van der Waals surface area contributed by atoms with Gasteiger partial charge in [0, 0.05) is 19.6 Å². The Bertz CT molecular complexity index is 823. The Morgan fingerprint density at radius 1 is 1.00 bits per heavy atom. The maximum atomic E-state index is 13.4. The highest BCUT2D eigenvalue weighted by Crippen LogP contribution is 2.40. The van der Waals surface area contributed by atoms with Gasteiger partial charge in [0.2, 0.25) is 5.91 Å². The van der Waals surface area contributed by atoms with Crippen LogP contribution in [0.1, 0.15) is 36.8 Å². The monoisotopic (exact) mass is 392 g/mol. The van der Waals surface area contributed by atoms with Crippen LogP contribution in [-0.4, -0.2) is 49.0 Å². The number of methoxy groups -OCH3 is 1. The van der Waals surface area contributed by atoms with E-state index in [0.717, 1.165) is 69.6 Å². The van der Waals surface area contributed by atoms with Crippen LogP contribution in [-0.2, 0) is 17.8 Å². The molecule has 0 saturated carbocycles. The minimum absolute atomic E-state index is 0.163. The van der Waals surface area contributed by atoms with Crippen molar-refractivity contribution in [3.05, 3.63) is 65.7 Å². The minimum Gasteiger partial charge on any atom is -0.497 e. The van der Waals surface area contributed by atoms with Gasteiger partial charge in [-0.15, -0.1) is 0 Å². The Morgan fingerprint density at radius 2 is 1.83 bits per heavy atom. The SMILES string of the molecule is COc1cccc(CN2CCC[C@@]3(CCN(CCCc4ccccc4)C3)C2=O)c1. The zero-order valence-corrected chi connectivity index (χ0v) is 17.5. The number of piperidine rings is 1. The number of rotatable bonds is 7. The van der Waals surface area contributed by atoms with Crippen molar-refractivity contribution in [3.63, 3.8) is 0 Å². The fourth-order valence-electron chi connectivity index (χ4n) is 4.97. The van der Waals surface area contributed by atoms with Crippen LogP contribution in [0.25, 0.3) is 0 Å². The molecule has 1 amide bonds. The van der Waals surface area contributed by atoms with Gasteiger partial charge in [0.25, 0.3) is 0 Å². The molecule has 4 rings (SSSR count). The molecule has 2 saturated heterocycles. The molecule has 0 unspecified atom stereocenters. The summed E-state index contributed by atoms with van der Waals surface area (Å²) >= 11 is 0. The van der Waals surface area contributed by atoms with Crippen LogP contribution < -0.4 is 4.74 Å². The molecule has 0 aromatic heterocycles. The summed E-state index contributed by atoms with van der Waals surface area (Å²) < 4.78 is 5.34. The first-order valence-corrected chi connectivity index (χ1v) is 10.9. The Morgan fingerprint density at radius 3 is 2.66 bits per heavy atom. The first-order valence-electron chi connectivity index (χ1n) is 10.9. The normalized spacial score (nSPS) is 22.4. The van der Waals surface area contributed by atoms with Gasteiger partial charge in [0.1, 0.15) is 5.75 Å². The van der Waals surface area contributed by atoms with E-state index < -0.39 is 0 Å². The van der Waals surface area contributed by atoms with Gasteiger partial charge >= 0.3 is 0 Å². The Kier molecular flexibility index (Phi) is 6.19. The molecule has 4 nitrogen and oxygen atoms in total. The average molecular weight is 393 g/mol. The summed E-state index contributed by atoms with van der Waals surface area (Å²) in [5.74, 6) is 1.21. The summed E-state index contributed by atoms with van der Waals surface area (Å²) in [5.41, 5.74) is 2.39. The lowest BCUT2D eigenvalue weighted by atomic mass is 9.78. The van der Waals surface area contributed by atoms with Gasteiger partial charge in [-0.2, -0.15) is 0 Å². The van der Waals surface area contributed by atoms with Gasteiger partial charge in [0.05, 0.1) is 12.5 Å². The van der Waals surface area contributed by atoms with Crippen molar-refractivity contribution < 1.29 is 9.53 Å². The van der Waals surface area contributed by atoms with Crippen molar-refractivity contribution in [1.29, 1.82) is 0 Å². The number of hydrogen-bond donors (Lipinski definition) is 0. The average Bonchev–Trinajstić information content (AvgIpc) is 3.16. The molecule has 0 aliphatic carbocycles. The number of aryl methyl sites for hydroxylation is 1. The number of carbonyl (C=O) groups excluding carboxylic acids is 1. The van der Waals surface area contributed by atoms with Gasteiger partial charge in [-0.1, -0.05) is 42.5 Å². The third-order valence-corrected chi connectivity index (χ3v) is 6.55. The maximum Gasteiger partial charge on any atom is 0.230 e. The van der Waals surface area contributed by atoms with Crippen LogP contribution >= 0.6 is 0 Å². The lowest BCUT2D eigenvalue weighted by Gasteiger charge is -2.39. The molecule has 29 heavy (non-hydrogen) atoms. The number of benzene rings is 2. The molecule has 4 heteroatoms. The molecule has 0 N–H and O–H groups in total. The molecule has 2 aromatic rings. The van der Waals surface area contributed by atoms with E-state index in [0.29, 0.717) is 12.5 Å². The Hall–Kier alpha value is -2.33. The molecule has 2 fully saturated rings. The van der Waals surface area contributed by atoms with E-state index in [1.54, 1.807) is 7.11 Å². The van der Waals surface area contributed by atoms with Crippen LogP contribution in [0, 0.1) is 5.41 Å². The van der Waals surface area contributed by atoms with Crippen LogP contribution in [0.2, 0.25) is 0 Å². The standard InChI is InChI=1S/C25H32N2O2/c1-29-23-12-5-10-22(18-23)19-27-16-7-13-25(24(27)28)14-17-26(20-25)15-6-11-21-8-3-2-4-9-21/h2-5,8-10,12,18H,6-7,11,13-17,19-20H2,1H3/t25-/m0/s1. The van der Waals surface area contributed by atoms with E-state index >= 15 is 0 Å². The van der Waals surface area contributed by atoms with E-state index in [1.807, 2.05) is 18.2 Å². The molecule has 2 aliphatic rings. The second-order valence-corrected chi connectivity index (χ2v) is 8.58. The smallest absolute Gasteiger partial charge is 0.230 e. The van der Waals surface area contributed by atoms with Gasteiger partial charge in [0.15, 0.2) is 0 Å². The third-order valence-electron chi connectivity index (χ3n) is 6.55. The number of carbonyl (C=O) groups is 1. The summed E-state index contributed by atoms with van der Waals surface area (Å²) in [4.78, 5) is 18.0. The zero-order valence-electron chi connectivity index (χ0n) is 17.5. The predicted molar refractivity (Wildman–Crippen MR) is 116 cm³/mol. The molecular weight excluding hydrogens is 360 g/mol. The highest BCUT2D eigenvalue weighted by molar-refractivity contribution is 5.84. The molecule has 154 valence electrons. The van der Waals surface area contributed by atoms with Crippen LogP contribution in [0.4, 0.5) is 0 Å². The summed E-state index contributed by atoms with van der Waals surface area (Å²) in [5, 5.41) is 0. The van der Waals surface area contributed by atoms with Crippen LogP contribution in [0.15, 0.2) is 54.6 Å². The fourth-order valence-corrected chi connectivity index (χ4v) is 4.97. The number of nitrogens with zero attached hydrogens (tertiary/aromatic N) is 2. The van der Waals surface area contributed by atoms with Crippen molar-refractivity contribution in [2.75, 3.05) is 33.3 Å². The summed E-state index contributed by atoms with van der Waals surface area (Å²) in [6.45, 7) is 4.61. The Balaban J connectivity index is 1.33. The van der Waals surface area contributed by atoms with E-state index in [2.05, 4.69) is 46.2 Å². The topological polar surface area (TPSA) is 32.8 Å². The van der Waals surface area contributed by atoms with Crippen LogP contribution in [0.5, 0.6) is 5.75 Å². The van der Waals surface area contributed by atoms with Gasteiger partial charge in [-0.25, -0.2) is 0 Å². The minimum atomic E-state index is -0.163. The maximum absolute atomic E-state index is 13.4. The van der Waals surface area contributed by atoms with Gasteiger partial charge in [-0.3, -0.25) is 4.79 Å². The van der Waals surface area contributed by atoms with E-state index in [9.17, 15) is 4.79 Å². The first-order chi connectivity index (χ1) is 14.2. The van der Waals surface area contributed by atoms with Crippen molar-refractivity contribution in [2.45, 2.75) is 38.6 Å². The predicted octanol–water partition coefficient (Wildman–Crippen LogP) is 4.14. The lowest BCUT2D eigenvalue weighted by Crippen LogP contribution is -2.49. The highest BCUT2D eigenvalue weighted by atomic mass is 16.5. The van der Waals surface area contributed by atoms with Crippen molar-refractivity contribution in [3.8, 4) is 5.75 Å². The van der Waals surface area contributed by atoms with Gasteiger partial charge < -0.3 is 14.5 Å². The van der Waals surface area contributed by atoms with Crippen LogP contribution in [0.3, 0.4) is 0 Å². The number of hydrogen-bond acceptors (Lipinski definition) is 3. The van der Waals surface area contributed by atoms with Crippen molar-refractivity contribution >= 4 is 5.91 Å². The summed E-state index contributed by atoms with van der Waals surface area (Å²) in [7, 11) is 1.69. The highest BCUT2D eigenvalue weighted by Gasteiger charge is 2.47. The molecule has 2 heterocycles. The number of likely N-dealkylation sites (tertiary alicyclic amines) is 2. The largest absolute Gasteiger partial charge is 0.497 e. The zero-order chi connectivity index (χ0) is 20.1. The molecule has 0 bridgehead atoms. The van der Waals surface area contributed by atoms with Gasteiger partial charge in [-0.05, 0) is 68.5 Å². The number of amides is 1. The molecular formula is C25H32N2O2. The van der Waals surface area contributed by atoms with E-state index in [4.69, 9.17) is 4.74 Å². The Labute approximate surface area is 174 Å². The second kappa shape index (κ2) is 9.00. The lowest BCUT2D eigenvalue weighted by molar-refractivity contribution is -0.146. The molecule has 2 aromatic carbocycles. The molecule has 2 aliphatic heterocycles. The summed E-state index contributed by atoms with van der Waals surface area (Å²) in [6.07, 6.45) is 5.41. The number of ether oxygens (including phenoxy) is 1. The van der Waals surface area contributed by atoms with E-state index in [1.165, 1.54) is 5.56 Å².